The maximum atomic E-state index is 4.19. The Kier molecular flexibility index (Phi) is 3.61. The molecule has 1 heterocycles. The Morgan fingerprint density at radius 2 is 2.42 bits per heavy atom. The van der Waals surface area contributed by atoms with Gasteiger partial charge in [0, 0.05) is 11.1 Å². The number of pyridine rings is 1. The molecule has 0 radical (unpaired) electrons. The molecule has 0 aliphatic carbocycles. The predicted molar refractivity (Wildman–Crippen MR) is 54.0 cm³/mol. The molecule has 2 heteroatoms. The van der Waals surface area contributed by atoms with E-state index in [1.54, 1.807) is 18.0 Å². The molecule has 0 bridgehead atoms. The van der Waals surface area contributed by atoms with Gasteiger partial charge >= 0.3 is 0 Å². The van der Waals surface area contributed by atoms with Crippen LogP contribution in [0.15, 0.2) is 53.1 Å². The molecule has 1 rings (SSSR count). The minimum absolute atomic E-state index is 1.01. The molecule has 0 aromatic carbocycles. The summed E-state index contributed by atoms with van der Waals surface area (Å²) in [6.45, 7) is 5.70. The zero-order valence-electron chi connectivity index (χ0n) is 7.03. The van der Waals surface area contributed by atoms with E-state index >= 15 is 0 Å². The Morgan fingerprint density at radius 1 is 1.58 bits per heavy atom. The second kappa shape index (κ2) is 4.78. The third-order valence-electron chi connectivity index (χ3n) is 1.35. The average molecular weight is 177 g/mol. The Balaban J connectivity index is 2.70. The van der Waals surface area contributed by atoms with Crippen molar-refractivity contribution in [2.75, 3.05) is 0 Å². The molecule has 0 fully saturated rings. The van der Waals surface area contributed by atoms with Crippen LogP contribution < -0.4 is 0 Å². The molecule has 0 spiro atoms. The molecule has 0 aliphatic rings. The molecule has 12 heavy (non-hydrogen) atoms. The molecule has 0 amide bonds. The first-order valence-corrected chi connectivity index (χ1v) is 4.56. The highest BCUT2D eigenvalue weighted by Crippen LogP contribution is 2.24. The highest BCUT2D eigenvalue weighted by atomic mass is 32.2. The lowest BCUT2D eigenvalue weighted by Crippen LogP contribution is -1.76. The SMILES string of the molecule is C=C/C(=C/C)Sc1ccccn1. The summed E-state index contributed by atoms with van der Waals surface area (Å²) in [4.78, 5) is 5.32. The minimum Gasteiger partial charge on any atom is -0.250 e. The van der Waals surface area contributed by atoms with Crippen LogP contribution in [0, 0.1) is 0 Å². The third-order valence-corrected chi connectivity index (χ3v) is 2.43. The van der Waals surface area contributed by atoms with Gasteiger partial charge in [0.25, 0.3) is 0 Å². The molecular weight excluding hydrogens is 166 g/mol. The van der Waals surface area contributed by atoms with E-state index in [1.807, 2.05) is 37.3 Å². The van der Waals surface area contributed by atoms with Gasteiger partial charge in [-0.25, -0.2) is 4.98 Å². The van der Waals surface area contributed by atoms with Gasteiger partial charge in [0.05, 0.1) is 0 Å². The van der Waals surface area contributed by atoms with Crippen molar-refractivity contribution in [3.05, 3.63) is 48.0 Å². The van der Waals surface area contributed by atoms with Crippen LogP contribution in [0.5, 0.6) is 0 Å². The lowest BCUT2D eigenvalue weighted by atomic mass is 10.5. The Labute approximate surface area is 77.2 Å². The summed E-state index contributed by atoms with van der Waals surface area (Å²) in [5, 5.41) is 1.01. The fourth-order valence-corrected chi connectivity index (χ4v) is 1.45. The van der Waals surface area contributed by atoms with Crippen molar-refractivity contribution in [3.8, 4) is 0 Å². The topological polar surface area (TPSA) is 12.9 Å². The monoisotopic (exact) mass is 177 g/mol. The van der Waals surface area contributed by atoms with E-state index in [1.165, 1.54) is 0 Å². The number of nitrogens with zero attached hydrogens (tertiary/aromatic N) is 1. The highest BCUT2D eigenvalue weighted by molar-refractivity contribution is 8.03. The van der Waals surface area contributed by atoms with E-state index in [9.17, 15) is 0 Å². The Bertz CT molecular complexity index is 277. The van der Waals surface area contributed by atoms with Crippen LogP contribution in [0.1, 0.15) is 6.92 Å². The molecule has 1 nitrogen and oxygen atoms in total. The molecule has 0 N–H and O–H groups in total. The number of aromatic nitrogens is 1. The van der Waals surface area contributed by atoms with Crippen LogP contribution in [0.2, 0.25) is 0 Å². The number of hydrogen-bond acceptors (Lipinski definition) is 2. The van der Waals surface area contributed by atoms with Crippen LogP contribution in [0.3, 0.4) is 0 Å². The number of rotatable bonds is 3. The van der Waals surface area contributed by atoms with E-state index in [4.69, 9.17) is 0 Å². The van der Waals surface area contributed by atoms with E-state index < -0.39 is 0 Å². The molecular formula is C10H11NS. The van der Waals surface area contributed by atoms with E-state index in [0.717, 1.165) is 9.93 Å². The van der Waals surface area contributed by atoms with Gasteiger partial charge in [0.15, 0.2) is 0 Å². The van der Waals surface area contributed by atoms with E-state index in [0.29, 0.717) is 0 Å². The normalized spacial score (nSPS) is 11.2. The lowest BCUT2D eigenvalue weighted by Gasteiger charge is -1.98. The van der Waals surface area contributed by atoms with Crippen molar-refractivity contribution in [3.63, 3.8) is 0 Å². The molecule has 0 atom stereocenters. The third kappa shape index (κ3) is 2.55. The summed E-state index contributed by atoms with van der Waals surface area (Å²) in [5.41, 5.74) is 0. The summed E-state index contributed by atoms with van der Waals surface area (Å²) in [6.07, 6.45) is 5.64. The van der Waals surface area contributed by atoms with Gasteiger partial charge in [0.2, 0.25) is 0 Å². The standard InChI is InChI=1S/C10H11NS/c1-3-9(4-2)12-10-7-5-6-8-11-10/h3-8H,1H2,2H3/b9-4-. The predicted octanol–water partition coefficient (Wildman–Crippen LogP) is 3.26. The number of allylic oxidation sites excluding steroid dienone is 2. The lowest BCUT2D eigenvalue weighted by molar-refractivity contribution is 1.14. The average Bonchev–Trinajstić information content (AvgIpc) is 2.16. The molecule has 1 aromatic heterocycles. The fourth-order valence-electron chi connectivity index (χ4n) is 0.747. The van der Waals surface area contributed by atoms with Gasteiger partial charge in [-0.05, 0) is 19.1 Å². The van der Waals surface area contributed by atoms with Crippen molar-refractivity contribution in [1.29, 1.82) is 0 Å². The van der Waals surface area contributed by atoms with Gasteiger partial charge in [-0.2, -0.15) is 0 Å². The van der Waals surface area contributed by atoms with Crippen molar-refractivity contribution in [2.24, 2.45) is 0 Å². The van der Waals surface area contributed by atoms with Gasteiger partial charge in [0.1, 0.15) is 5.03 Å². The Morgan fingerprint density at radius 3 is 2.92 bits per heavy atom. The summed E-state index contributed by atoms with van der Waals surface area (Å²) in [5.74, 6) is 0. The number of thioether (sulfide) groups is 1. The minimum atomic E-state index is 1.01. The van der Waals surface area contributed by atoms with Crippen molar-refractivity contribution >= 4 is 11.8 Å². The molecule has 1 aromatic rings. The zero-order chi connectivity index (χ0) is 8.81. The summed E-state index contributed by atoms with van der Waals surface area (Å²) >= 11 is 1.62. The van der Waals surface area contributed by atoms with Crippen molar-refractivity contribution in [2.45, 2.75) is 11.9 Å². The van der Waals surface area contributed by atoms with Gasteiger partial charge in [-0.15, -0.1) is 0 Å². The summed E-state index contributed by atoms with van der Waals surface area (Å²) in [6, 6.07) is 5.87. The molecule has 0 saturated heterocycles. The van der Waals surface area contributed by atoms with Crippen molar-refractivity contribution < 1.29 is 0 Å². The molecule has 62 valence electrons. The summed E-state index contributed by atoms with van der Waals surface area (Å²) < 4.78 is 0. The fraction of sp³-hybridized carbons (Fsp3) is 0.100. The van der Waals surface area contributed by atoms with Crippen molar-refractivity contribution in [1.82, 2.24) is 4.98 Å². The number of hydrogen-bond donors (Lipinski definition) is 0. The molecule has 0 saturated carbocycles. The van der Waals surface area contributed by atoms with Crippen LogP contribution >= 0.6 is 11.8 Å². The zero-order valence-corrected chi connectivity index (χ0v) is 7.84. The van der Waals surface area contributed by atoms with Crippen LogP contribution in [0.25, 0.3) is 0 Å². The van der Waals surface area contributed by atoms with Gasteiger partial charge in [-0.1, -0.05) is 36.6 Å². The van der Waals surface area contributed by atoms with E-state index in [-0.39, 0.29) is 0 Å². The smallest absolute Gasteiger partial charge is 0.101 e. The maximum Gasteiger partial charge on any atom is 0.101 e. The second-order valence-corrected chi connectivity index (χ2v) is 3.26. The maximum absolute atomic E-state index is 4.19. The second-order valence-electron chi connectivity index (χ2n) is 2.17. The van der Waals surface area contributed by atoms with Gasteiger partial charge < -0.3 is 0 Å². The Hall–Kier alpha value is -1.02. The van der Waals surface area contributed by atoms with E-state index in [2.05, 4.69) is 11.6 Å². The summed E-state index contributed by atoms with van der Waals surface area (Å²) in [7, 11) is 0. The highest BCUT2D eigenvalue weighted by Gasteiger charge is 1.94. The first kappa shape index (κ1) is 9.07. The quantitative estimate of drug-likeness (QED) is 0.519. The van der Waals surface area contributed by atoms with Crippen LogP contribution in [-0.4, -0.2) is 4.98 Å². The van der Waals surface area contributed by atoms with Crippen LogP contribution in [0.4, 0.5) is 0 Å². The first-order valence-electron chi connectivity index (χ1n) is 3.74. The molecule has 0 unspecified atom stereocenters. The molecule has 0 aliphatic heterocycles. The largest absolute Gasteiger partial charge is 0.250 e. The van der Waals surface area contributed by atoms with Gasteiger partial charge in [-0.3, -0.25) is 0 Å². The first-order chi connectivity index (χ1) is 5.86. The van der Waals surface area contributed by atoms with Crippen LogP contribution in [-0.2, 0) is 0 Å².